The predicted octanol–water partition coefficient (Wildman–Crippen LogP) is 4.89. The van der Waals surface area contributed by atoms with E-state index in [9.17, 15) is 9.90 Å². The second-order valence-electron chi connectivity index (χ2n) is 6.41. The lowest BCUT2D eigenvalue weighted by molar-refractivity contribution is 0.0697. The number of carboxylic acids is 1. The number of anilines is 1. The van der Waals surface area contributed by atoms with Gasteiger partial charge in [-0.2, -0.15) is 0 Å². The Balaban J connectivity index is 1.80. The first kappa shape index (κ1) is 19.3. The normalized spacial score (nSPS) is 10.4. The molecule has 0 bridgehead atoms. The van der Waals surface area contributed by atoms with Gasteiger partial charge >= 0.3 is 5.97 Å². The molecular formula is C23H23NO4. The molecule has 28 heavy (non-hydrogen) atoms. The molecule has 5 nitrogen and oxygen atoms in total. The van der Waals surface area contributed by atoms with Gasteiger partial charge in [-0.3, -0.25) is 0 Å². The number of benzene rings is 3. The van der Waals surface area contributed by atoms with Crippen molar-refractivity contribution in [2.45, 2.75) is 20.1 Å². The smallest absolute Gasteiger partial charge is 0.335 e. The van der Waals surface area contributed by atoms with Gasteiger partial charge in [-0.05, 0) is 36.2 Å². The van der Waals surface area contributed by atoms with Gasteiger partial charge in [0.2, 0.25) is 0 Å². The van der Waals surface area contributed by atoms with Crippen LogP contribution in [0.15, 0.2) is 66.7 Å². The lowest BCUT2D eigenvalue weighted by Gasteiger charge is -2.17. The minimum atomic E-state index is -0.948. The first-order valence-corrected chi connectivity index (χ1v) is 8.99. The summed E-state index contributed by atoms with van der Waals surface area (Å²) in [4.78, 5) is 11.2. The molecule has 0 saturated carbocycles. The Morgan fingerprint density at radius 2 is 1.82 bits per heavy atom. The maximum absolute atomic E-state index is 11.2. The molecule has 0 spiro atoms. The van der Waals surface area contributed by atoms with Crippen LogP contribution in [-0.2, 0) is 13.2 Å². The first-order chi connectivity index (χ1) is 13.6. The summed E-state index contributed by atoms with van der Waals surface area (Å²) in [7, 11) is 1.61. The zero-order valence-corrected chi connectivity index (χ0v) is 15.9. The van der Waals surface area contributed by atoms with E-state index in [2.05, 4.69) is 5.32 Å². The van der Waals surface area contributed by atoms with E-state index in [1.54, 1.807) is 25.3 Å². The zero-order chi connectivity index (χ0) is 19.9. The molecule has 0 unspecified atom stereocenters. The number of methoxy groups -OCH3 is 1. The highest BCUT2D eigenvalue weighted by Gasteiger charge is 2.12. The largest absolute Gasteiger partial charge is 0.493 e. The minimum absolute atomic E-state index is 0.249. The second-order valence-corrected chi connectivity index (χ2v) is 6.41. The summed E-state index contributed by atoms with van der Waals surface area (Å²) >= 11 is 0. The zero-order valence-electron chi connectivity index (χ0n) is 15.9. The molecule has 3 rings (SSSR count). The SMILES string of the molecule is COc1cccc(CNc2cc(C(=O)O)ccc2C)c1OCc1ccccc1. The Hall–Kier alpha value is -3.47. The average Bonchev–Trinajstić information content (AvgIpc) is 2.72. The lowest BCUT2D eigenvalue weighted by Crippen LogP contribution is -2.07. The van der Waals surface area contributed by atoms with E-state index in [1.807, 2.05) is 55.5 Å². The third-order valence-corrected chi connectivity index (χ3v) is 4.46. The molecule has 3 aromatic rings. The van der Waals surface area contributed by atoms with Crippen molar-refractivity contribution in [1.82, 2.24) is 0 Å². The molecule has 0 aliphatic heterocycles. The first-order valence-electron chi connectivity index (χ1n) is 8.99. The highest BCUT2D eigenvalue weighted by atomic mass is 16.5. The fraction of sp³-hybridized carbons (Fsp3) is 0.174. The number of ether oxygens (including phenoxy) is 2. The van der Waals surface area contributed by atoms with Gasteiger partial charge < -0.3 is 19.9 Å². The van der Waals surface area contributed by atoms with E-state index in [0.29, 0.717) is 24.7 Å². The topological polar surface area (TPSA) is 67.8 Å². The van der Waals surface area contributed by atoms with Crippen molar-refractivity contribution in [2.24, 2.45) is 0 Å². The number of rotatable bonds is 8. The number of carbonyl (C=O) groups is 1. The molecule has 3 aromatic carbocycles. The summed E-state index contributed by atoms with van der Waals surface area (Å²) < 4.78 is 11.5. The van der Waals surface area contributed by atoms with Crippen molar-refractivity contribution in [3.63, 3.8) is 0 Å². The predicted molar refractivity (Wildman–Crippen MR) is 109 cm³/mol. The van der Waals surface area contributed by atoms with Gasteiger partial charge in [0.1, 0.15) is 6.61 Å². The monoisotopic (exact) mass is 377 g/mol. The van der Waals surface area contributed by atoms with Crippen LogP contribution in [0.4, 0.5) is 5.69 Å². The van der Waals surface area contributed by atoms with Gasteiger partial charge in [-0.1, -0.05) is 48.5 Å². The van der Waals surface area contributed by atoms with Gasteiger partial charge in [0.25, 0.3) is 0 Å². The number of aryl methyl sites for hydroxylation is 1. The van der Waals surface area contributed by atoms with E-state index >= 15 is 0 Å². The van der Waals surface area contributed by atoms with Gasteiger partial charge in [0.05, 0.1) is 12.7 Å². The summed E-state index contributed by atoms with van der Waals surface area (Å²) in [5.74, 6) is 0.385. The van der Waals surface area contributed by atoms with Gasteiger partial charge in [-0.25, -0.2) is 4.79 Å². The van der Waals surface area contributed by atoms with E-state index in [1.165, 1.54) is 0 Å². The maximum atomic E-state index is 11.2. The molecule has 0 amide bonds. The molecular weight excluding hydrogens is 354 g/mol. The highest BCUT2D eigenvalue weighted by molar-refractivity contribution is 5.89. The third-order valence-electron chi connectivity index (χ3n) is 4.46. The average molecular weight is 377 g/mol. The molecule has 0 aliphatic rings. The van der Waals surface area contributed by atoms with Crippen LogP contribution in [0.5, 0.6) is 11.5 Å². The molecule has 2 N–H and O–H groups in total. The van der Waals surface area contributed by atoms with E-state index in [0.717, 1.165) is 22.4 Å². The van der Waals surface area contributed by atoms with Crippen LogP contribution in [0.2, 0.25) is 0 Å². The molecule has 5 heteroatoms. The fourth-order valence-corrected chi connectivity index (χ4v) is 2.89. The van der Waals surface area contributed by atoms with Crippen molar-refractivity contribution >= 4 is 11.7 Å². The molecule has 144 valence electrons. The Morgan fingerprint density at radius 3 is 2.54 bits per heavy atom. The van der Waals surface area contributed by atoms with Crippen LogP contribution in [0.3, 0.4) is 0 Å². The van der Waals surface area contributed by atoms with Crippen molar-refractivity contribution < 1.29 is 19.4 Å². The van der Waals surface area contributed by atoms with Crippen molar-refractivity contribution in [3.8, 4) is 11.5 Å². The fourth-order valence-electron chi connectivity index (χ4n) is 2.89. The molecule has 0 aliphatic carbocycles. The number of nitrogens with one attached hydrogen (secondary N) is 1. The summed E-state index contributed by atoms with van der Waals surface area (Å²) in [6.07, 6.45) is 0. The number of hydrogen-bond acceptors (Lipinski definition) is 4. The number of carboxylic acid groups (broad SMARTS) is 1. The van der Waals surface area contributed by atoms with Crippen molar-refractivity contribution in [2.75, 3.05) is 12.4 Å². The number of hydrogen-bond donors (Lipinski definition) is 2. The third kappa shape index (κ3) is 4.62. The van der Waals surface area contributed by atoms with Crippen LogP contribution < -0.4 is 14.8 Å². The van der Waals surface area contributed by atoms with E-state index in [4.69, 9.17) is 9.47 Å². The summed E-state index contributed by atoms with van der Waals surface area (Å²) in [5.41, 5.74) is 3.99. The molecule has 0 radical (unpaired) electrons. The van der Waals surface area contributed by atoms with Crippen LogP contribution in [0.1, 0.15) is 27.0 Å². The Morgan fingerprint density at radius 1 is 1.04 bits per heavy atom. The molecule has 0 saturated heterocycles. The van der Waals surface area contributed by atoms with Crippen LogP contribution in [-0.4, -0.2) is 18.2 Å². The summed E-state index contributed by atoms with van der Waals surface area (Å²) in [6, 6.07) is 20.7. The summed E-state index contributed by atoms with van der Waals surface area (Å²) in [6.45, 7) is 2.85. The van der Waals surface area contributed by atoms with E-state index in [-0.39, 0.29) is 5.56 Å². The van der Waals surface area contributed by atoms with Crippen LogP contribution in [0.25, 0.3) is 0 Å². The number of para-hydroxylation sites is 1. The van der Waals surface area contributed by atoms with Gasteiger partial charge in [-0.15, -0.1) is 0 Å². The second kappa shape index (κ2) is 8.95. The number of aromatic carboxylic acids is 1. The molecule has 0 aromatic heterocycles. The van der Waals surface area contributed by atoms with Crippen LogP contribution >= 0.6 is 0 Å². The quantitative estimate of drug-likeness (QED) is 0.585. The molecule has 0 fully saturated rings. The Kier molecular flexibility index (Phi) is 6.17. The van der Waals surface area contributed by atoms with Crippen molar-refractivity contribution in [3.05, 3.63) is 89.0 Å². The molecule has 0 heterocycles. The minimum Gasteiger partial charge on any atom is -0.493 e. The van der Waals surface area contributed by atoms with Crippen LogP contribution in [0, 0.1) is 6.92 Å². The van der Waals surface area contributed by atoms with Crippen molar-refractivity contribution in [1.29, 1.82) is 0 Å². The summed E-state index contributed by atoms with van der Waals surface area (Å²) in [5, 5.41) is 12.5. The maximum Gasteiger partial charge on any atom is 0.335 e. The Labute approximate surface area is 164 Å². The lowest BCUT2D eigenvalue weighted by atomic mass is 10.1. The van der Waals surface area contributed by atoms with Gasteiger partial charge in [0, 0.05) is 17.8 Å². The van der Waals surface area contributed by atoms with Gasteiger partial charge in [0.15, 0.2) is 11.5 Å². The van der Waals surface area contributed by atoms with E-state index < -0.39 is 5.97 Å². The highest BCUT2D eigenvalue weighted by Crippen LogP contribution is 2.32. The molecule has 0 atom stereocenters. The Bertz CT molecular complexity index is 954. The standard InChI is InChI=1S/C23H23NO4/c1-16-11-12-18(23(25)26)13-20(16)24-14-19-9-6-10-21(27-2)22(19)28-15-17-7-4-3-5-8-17/h3-13,24H,14-15H2,1-2H3,(H,25,26).